The number of thiazole rings is 1. The van der Waals surface area contributed by atoms with Gasteiger partial charge in [-0.2, -0.15) is 0 Å². The van der Waals surface area contributed by atoms with Crippen LogP contribution in [0.3, 0.4) is 0 Å². The molecule has 1 N–H and O–H groups in total. The zero-order chi connectivity index (χ0) is 18.5. The number of ether oxygens (including phenoxy) is 2. The highest BCUT2D eigenvalue weighted by Crippen LogP contribution is 2.34. The summed E-state index contributed by atoms with van der Waals surface area (Å²) >= 11 is 1.37. The molecule has 0 unspecified atom stereocenters. The van der Waals surface area contributed by atoms with E-state index in [9.17, 15) is 4.79 Å². The number of aromatic nitrogens is 1. The van der Waals surface area contributed by atoms with Crippen molar-refractivity contribution in [2.75, 3.05) is 14.2 Å². The van der Waals surface area contributed by atoms with Crippen molar-refractivity contribution in [2.24, 2.45) is 0 Å². The molecule has 3 rings (SSSR count). The van der Waals surface area contributed by atoms with Crippen molar-refractivity contribution in [2.45, 2.75) is 13.5 Å². The number of carbonyl (C=O) groups is 1. The first-order valence-corrected chi connectivity index (χ1v) is 8.96. The van der Waals surface area contributed by atoms with Gasteiger partial charge in [0.1, 0.15) is 9.88 Å². The van der Waals surface area contributed by atoms with Gasteiger partial charge < -0.3 is 14.8 Å². The van der Waals surface area contributed by atoms with E-state index in [2.05, 4.69) is 10.3 Å². The SMILES string of the molecule is COc1ccc(-c2nc(C)c(C(=O)NCc3ccccc3)s2)cc1OC. The number of hydrogen-bond donors (Lipinski definition) is 1. The van der Waals surface area contributed by atoms with Gasteiger partial charge in [-0.25, -0.2) is 4.98 Å². The molecule has 2 aromatic carbocycles. The minimum absolute atomic E-state index is 0.115. The van der Waals surface area contributed by atoms with E-state index < -0.39 is 0 Å². The van der Waals surface area contributed by atoms with E-state index in [0.29, 0.717) is 28.6 Å². The van der Waals surface area contributed by atoms with Crippen LogP contribution in [0.2, 0.25) is 0 Å². The molecule has 0 saturated heterocycles. The number of nitrogens with one attached hydrogen (secondary N) is 1. The maximum absolute atomic E-state index is 12.5. The molecule has 0 fully saturated rings. The highest BCUT2D eigenvalue weighted by molar-refractivity contribution is 7.17. The first-order valence-electron chi connectivity index (χ1n) is 8.14. The van der Waals surface area contributed by atoms with Crippen LogP contribution < -0.4 is 14.8 Å². The molecule has 6 heteroatoms. The average Bonchev–Trinajstić information content (AvgIpc) is 3.08. The van der Waals surface area contributed by atoms with Crippen LogP contribution >= 0.6 is 11.3 Å². The van der Waals surface area contributed by atoms with Gasteiger partial charge in [0.15, 0.2) is 11.5 Å². The fraction of sp³-hybridized carbons (Fsp3) is 0.200. The quantitative estimate of drug-likeness (QED) is 0.713. The van der Waals surface area contributed by atoms with Crippen molar-refractivity contribution >= 4 is 17.2 Å². The summed E-state index contributed by atoms with van der Waals surface area (Å²) in [4.78, 5) is 17.7. The third kappa shape index (κ3) is 3.86. The lowest BCUT2D eigenvalue weighted by Gasteiger charge is -2.08. The Morgan fingerprint density at radius 2 is 1.81 bits per heavy atom. The summed E-state index contributed by atoms with van der Waals surface area (Å²) in [7, 11) is 3.19. The van der Waals surface area contributed by atoms with Crippen molar-refractivity contribution in [1.82, 2.24) is 10.3 Å². The van der Waals surface area contributed by atoms with Crippen LogP contribution in [0.15, 0.2) is 48.5 Å². The lowest BCUT2D eigenvalue weighted by Crippen LogP contribution is -2.22. The molecule has 1 amide bonds. The summed E-state index contributed by atoms with van der Waals surface area (Å²) in [6.45, 7) is 2.33. The molecule has 0 radical (unpaired) electrons. The summed E-state index contributed by atoms with van der Waals surface area (Å²) in [5, 5.41) is 3.72. The second kappa shape index (κ2) is 8.01. The lowest BCUT2D eigenvalue weighted by molar-refractivity contribution is 0.0954. The predicted molar refractivity (Wildman–Crippen MR) is 103 cm³/mol. The van der Waals surface area contributed by atoms with E-state index in [1.54, 1.807) is 14.2 Å². The first kappa shape index (κ1) is 17.9. The molecular weight excluding hydrogens is 348 g/mol. The summed E-state index contributed by atoms with van der Waals surface area (Å²) < 4.78 is 10.6. The van der Waals surface area contributed by atoms with Gasteiger partial charge in [0, 0.05) is 12.1 Å². The van der Waals surface area contributed by atoms with E-state index in [4.69, 9.17) is 9.47 Å². The molecule has 0 saturated carbocycles. The minimum atomic E-state index is -0.115. The van der Waals surface area contributed by atoms with Gasteiger partial charge >= 0.3 is 0 Å². The number of aryl methyl sites for hydroxylation is 1. The maximum Gasteiger partial charge on any atom is 0.263 e. The fourth-order valence-corrected chi connectivity index (χ4v) is 3.54. The Bertz CT molecular complexity index is 907. The Morgan fingerprint density at radius 3 is 2.50 bits per heavy atom. The average molecular weight is 368 g/mol. The molecule has 3 aromatic rings. The van der Waals surface area contributed by atoms with Gasteiger partial charge in [-0.15, -0.1) is 11.3 Å². The largest absolute Gasteiger partial charge is 0.493 e. The van der Waals surface area contributed by atoms with E-state index in [1.807, 2.05) is 55.5 Å². The van der Waals surface area contributed by atoms with Gasteiger partial charge in [0.05, 0.1) is 19.9 Å². The van der Waals surface area contributed by atoms with Crippen molar-refractivity contribution in [3.05, 3.63) is 64.7 Å². The molecule has 1 heterocycles. The molecule has 26 heavy (non-hydrogen) atoms. The van der Waals surface area contributed by atoms with E-state index in [1.165, 1.54) is 11.3 Å². The molecule has 0 bridgehead atoms. The molecule has 134 valence electrons. The molecule has 0 aliphatic heterocycles. The van der Waals surface area contributed by atoms with E-state index in [-0.39, 0.29) is 5.91 Å². The summed E-state index contributed by atoms with van der Waals surface area (Å²) in [5.41, 5.74) is 2.66. The van der Waals surface area contributed by atoms with Crippen LogP contribution in [0, 0.1) is 6.92 Å². The third-order valence-corrected chi connectivity index (χ3v) is 5.13. The predicted octanol–water partition coefficient (Wildman–Crippen LogP) is 4.07. The molecule has 0 aliphatic rings. The highest BCUT2D eigenvalue weighted by atomic mass is 32.1. The summed E-state index contributed by atoms with van der Waals surface area (Å²) in [6, 6.07) is 15.4. The van der Waals surface area contributed by atoms with Crippen LogP contribution in [0.5, 0.6) is 11.5 Å². The topological polar surface area (TPSA) is 60.5 Å². The molecule has 0 aliphatic carbocycles. The van der Waals surface area contributed by atoms with Crippen LogP contribution in [0.1, 0.15) is 20.9 Å². The fourth-order valence-electron chi connectivity index (χ4n) is 2.56. The Kier molecular flexibility index (Phi) is 5.53. The molecule has 1 aromatic heterocycles. The lowest BCUT2D eigenvalue weighted by atomic mass is 10.2. The molecule has 0 spiro atoms. The van der Waals surface area contributed by atoms with Crippen molar-refractivity contribution in [3.63, 3.8) is 0 Å². The zero-order valence-corrected chi connectivity index (χ0v) is 15.7. The van der Waals surface area contributed by atoms with Crippen molar-refractivity contribution in [1.29, 1.82) is 0 Å². The van der Waals surface area contributed by atoms with Gasteiger partial charge in [-0.1, -0.05) is 30.3 Å². The number of benzene rings is 2. The minimum Gasteiger partial charge on any atom is -0.493 e. The van der Waals surface area contributed by atoms with Gasteiger partial charge in [-0.3, -0.25) is 4.79 Å². The number of rotatable bonds is 6. The van der Waals surface area contributed by atoms with Gasteiger partial charge in [0.25, 0.3) is 5.91 Å². The Balaban J connectivity index is 1.79. The molecular formula is C20H20N2O3S. The second-order valence-corrected chi connectivity index (χ2v) is 6.67. The Labute approximate surface area is 156 Å². The number of carbonyl (C=O) groups excluding carboxylic acids is 1. The summed E-state index contributed by atoms with van der Waals surface area (Å²) in [5.74, 6) is 1.17. The van der Waals surface area contributed by atoms with Crippen LogP contribution in [-0.4, -0.2) is 25.1 Å². The number of nitrogens with zero attached hydrogens (tertiary/aromatic N) is 1. The number of hydrogen-bond acceptors (Lipinski definition) is 5. The standard InChI is InChI=1S/C20H20N2O3S/c1-13-18(19(23)21-12-14-7-5-4-6-8-14)26-20(22-13)15-9-10-16(24-2)17(11-15)25-3/h4-11H,12H2,1-3H3,(H,21,23). The normalized spacial score (nSPS) is 10.4. The van der Waals surface area contributed by atoms with Crippen LogP contribution in [0.4, 0.5) is 0 Å². The molecule has 5 nitrogen and oxygen atoms in total. The van der Waals surface area contributed by atoms with Crippen molar-refractivity contribution in [3.8, 4) is 22.1 Å². The third-order valence-electron chi connectivity index (χ3n) is 3.93. The van der Waals surface area contributed by atoms with E-state index >= 15 is 0 Å². The Hall–Kier alpha value is -2.86. The highest BCUT2D eigenvalue weighted by Gasteiger charge is 2.17. The summed E-state index contributed by atoms with van der Waals surface area (Å²) in [6.07, 6.45) is 0. The Morgan fingerprint density at radius 1 is 1.08 bits per heavy atom. The second-order valence-electron chi connectivity index (χ2n) is 5.67. The van der Waals surface area contributed by atoms with Crippen LogP contribution in [-0.2, 0) is 6.54 Å². The zero-order valence-electron chi connectivity index (χ0n) is 14.9. The maximum atomic E-state index is 12.5. The van der Waals surface area contributed by atoms with Gasteiger partial charge in [0.2, 0.25) is 0 Å². The van der Waals surface area contributed by atoms with Gasteiger partial charge in [-0.05, 0) is 30.7 Å². The monoisotopic (exact) mass is 368 g/mol. The smallest absolute Gasteiger partial charge is 0.263 e. The number of methoxy groups -OCH3 is 2. The first-order chi connectivity index (χ1) is 12.6. The molecule has 0 atom stereocenters. The number of amides is 1. The van der Waals surface area contributed by atoms with Crippen LogP contribution in [0.25, 0.3) is 10.6 Å². The van der Waals surface area contributed by atoms with E-state index in [0.717, 1.165) is 16.1 Å². The van der Waals surface area contributed by atoms with Crippen molar-refractivity contribution < 1.29 is 14.3 Å².